The van der Waals surface area contributed by atoms with Crippen LogP contribution in [0.4, 0.5) is 0 Å². The van der Waals surface area contributed by atoms with Crippen LogP contribution in [-0.2, 0) is 9.53 Å². The van der Waals surface area contributed by atoms with E-state index in [2.05, 4.69) is 11.4 Å². The Morgan fingerprint density at radius 2 is 2.62 bits per heavy atom. The second-order valence-electron chi connectivity index (χ2n) is 2.82. The molecule has 0 spiro atoms. The summed E-state index contributed by atoms with van der Waals surface area (Å²) >= 11 is 0. The Morgan fingerprint density at radius 1 is 1.77 bits per heavy atom. The molecule has 4 nitrogen and oxygen atoms in total. The standard InChI is InChI=1S/C9H12N2O2/c10-4-3-9(12)11-6-8-2-1-5-13-7-8/h2H,1,3,5-7H2,(H,11,12). The van der Waals surface area contributed by atoms with Gasteiger partial charge in [0.1, 0.15) is 6.42 Å². The smallest absolute Gasteiger partial charge is 0.234 e. The van der Waals surface area contributed by atoms with E-state index in [-0.39, 0.29) is 12.3 Å². The summed E-state index contributed by atoms with van der Waals surface area (Å²) in [5.74, 6) is -0.228. The first-order valence-electron chi connectivity index (χ1n) is 4.22. The third kappa shape index (κ3) is 3.72. The number of hydrogen-bond acceptors (Lipinski definition) is 3. The van der Waals surface area contributed by atoms with Crippen LogP contribution >= 0.6 is 0 Å². The van der Waals surface area contributed by atoms with Gasteiger partial charge in [-0.2, -0.15) is 5.26 Å². The van der Waals surface area contributed by atoms with Gasteiger partial charge in [-0.05, 0) is 12.0 Å². The zero-order valence-electron chi connectivity index (χ0n) is 7.38. The molecule has 0 fully saturated rings. The van der Waals surface area contributed by atoms with Gasteiger partial charge in [0.25, 0.3) is 0 Å². The Kier molecular flexibility index (Phi) is 4.00. The fourth-order valence-electron chi connectivity index (χ4n) is 1.08. The molecule has 0 aromatic carbocycles. The highest BCUT2D eigenvalue weighted by atomic mass is 16.5. The summed E-state index contributed by atoms with van der Waals surface area (Å²) < 4.78 is 5.19. The third-order valence-electron chi connectivity index (χ3n) is 1.73. The number of rotatable bonds is 3. The van der Waals surface area contributed by atoms with Crippen LogP contribution < -0.4 is 5.32 Å². The van der Waals surface area contributed by atoms with Gasteiger partial charge in [0, 0.05) is 6.54 Å². The molecule has 1 rings (SSSR count). The van der Waals surface area contributed by atoms with Gasteiger partial charge in [-0.3, -0.25) is 4.79 Å². The lowest BCUT2D eigenvalue weighted by Gasteiger charge is -2.13. The number of carbonyl (C=O) groups is 1. The Labute approximate surface area is 77.2 Å². The van der Waals surface area contributed by atoms with Crippen molar-refractivity contribution in [1.29, 1.82) is 5.26 Å². The zero-order chi connectivity index (χ0) is 9.52. The van der Waals surface area contributed by atoms with Gasteiger partial charge >= 0.3 is 0 Å². The largest absolute Gasteiger partial charge is 0.377 e. The highest BCUT2D eigenvalue weighted by Crippen LogP contribution is 2.03. The van der Waals surface area contributed by atoms with Crippen molar-refractivity contribution in [3.05, 3.63) is 11.6 Å². The molecule has 0 unspecified atom stereocenters. The Morgan fingerprint density at radius 3 is 3.23 bits per heavy atom. The second-order valence-corrected chi connectivity index (χ2v) is 2.82. The Hall–Kier alpha value is -1.34. The zero-order valence-corrected chi connectivity index (χ0v) is 7.38. The molecule has 1 N–H and O–H groups in total. The van der Waals surface area contributed by atoms with Crippen molar-refractivity contribution in [2.45, 2.75) is 12.8 Å². The van der Waals surface area contributed by atoms with Crippen LogP contribution in [0.3, 0.4) is 0 Å². The van der Waals surface area contributed by atoms with E-state index in [1.54, 1.807) is 6.07 Å². The summed E-state index contributed by atoms with van der Waals surface area (Å²) in [5, 5.41) is 10.9. The highest BCUT2D eigenvalue weighted by Gasteiger charge is 2.05. The molecule has 0 aliphatic carbocycles. The number of amides is 1. The maximum absolute atomic E-state index is 10.9. The SMILES string of the molecule is N#CCC(=O)NCC1=CCCOC1. The van der Waals surface area contributed by atoms with Crippen molar-refractivity contribution in [3.8, 4) is 6.07 Å². The molecule has 0 aromatic rings. The molecule has 4 heteroatoms. The van der Waals surface area contributed by atoms with Crippen molar-refractivity contribution in [2.75, 3.05) is 19.8 Å². The summed E-state index contributed by atoms with van der Waals surface area (Å²) in [6, 6.07) is 1.79. The fourth-order valence-corrected chi connectivity index (χ4v) is 1.08. The lowest BCUT2D eigenvalue weighted by molar-refractivity contribution is -0.119. The Bertz CT molecular complexity index is 253. The van der Waals surface area contributed by atoms with Crippen LogP contribution in [0.2, 0.25) is 0 Å². The van der Waals surface area contributed by atoms with E-state index < -0.39 is 0 Å². The molecule has 0 saturated carbocycles. The third-order valence-corrected chi connectivity index (χ3v) is 1.73. The number of hydrogen-bond donors (Lipinski definition) is 1. The average Bonchev–Trinajstić information content (AvgIpc) is 2.17. The molecule has 1 heterocycles. The summed E-state index contributed by atoms with van der Waals surface area (Å²) in [4.78, 5) is 10.9. The minimum Gasteiger partial charge on any atom is -0.377 e. The van der Waals surface area contributed by atoms with Crippen molar-refractivity contribution < 1.29 is 9.53 Å². The van der Waals surface area contributed by atoms with Gasteiger partial charge < -0.3 is 10.1 Å². The van der Waals surface area contributed by atoms with E-state index in [9.17, 15) is 4.79 Å². The van der Waals surface area contributed by atoms with Crippen LogP contribution in [0.1, 0.15) is 12.8 Å². The van der Waals surface area contributed by atoms with Gasteiger partial charge in [-0.15, -0.1) is 0 Å². The number of nitriles is 1. The molecule has 1 aliphatic heterocycles. The van der Waals surface area contributed by atoms with Crippen molar-refractivity contribution in [2.24, 2.45) is 0 Å². The molecule has 70 valence electrons. The first kappa shape index (κ1) is 9.75. The predicted octanol–water partition coefficient (Wildman–Crippen LogP) is 0.363. The molecule has 0 bridgehead atoms. The van der Waals surface area contributed by atoms with E-state index in [1.807, 2.05) is 0 Å². The molecule has 1 amide bonds. The molecule has 1 aliphatic rings. The lowest BCUT2D eigenvalue weighted by Crippen LogP contribution is -2.27. The van der Waals surface area contributed by atoms with Crippen LogP contribution in [0, 0.1) is 11.3 Å². The highest BCUT2D eigenvalue weighted by molar-refractivity contribution is 5.78. The van der Waals surface area contributed by atoms with Crippen LogP contribution in [0.15, 0.2) is 11.6 Å². The van der Waals surface area contributed by atoms with Crippen molar-refractivity contribution >= 4 is 5.91 Å². The molecule has 0 radical (unpaired) electrons. The maximum atomic E-state index is 10.9. The minimum absolute atomic E-state index is 0.0753. The second kappa shape index (κ2) is 5.33. The number of nitrogens with one attached hydrogen (secondary N) is 1. The fraction of sp³-hybridized carbons (Fsp3) is 0.556. The average molecular weight is 180 g/mol. The predicted molar refractivity (Wildman–Crippen MR) is 46.8 cm³/mol. The van der Waals surface area contributed by atoms with Gasteiger partial charge in [0.05, 0.1) is 19.3 Å². The number of carbonyl (C=O) groups excluding carboxylic acids is 1. The van der Waals surface area contributed by atoms with Crippen LogP contribution in [0.5, 0.6) is 0 Å². The van der Waals surface area contributed by atoms with Gasteiger partial charge in [0.2, 0.25) is 5.91 Å². The quantitative estimate of drug-likeness (QED) is 0.638. The number of ether oxygens (including phenoxy) is 1. The van der Waals surface area contributed by atoms with Crippen molar-refractivity contribution in [1.82, 2.24) is 5.32 Å². The summed E-state index contributed by atoms with van der Waals surface area (Å²) in [6.45, 7) is 1.85. The molecule has 0 saturated heterocycles. The first-order valence-corrected chi connectivity index (χ1v) is 4.22. The van der Waals surface area contributed by atoms with E-state index in [1.165, 1.54) is 0 Å². The number of nitrogens with zero attached hydrogens (tertiary/aromatic N) is 1. The van der Waals surface area contributed by atoms with Gasteiger partial charge in [-0.1, -0.05) is 6.08 Å². The van der Waals surface area contributed by atoms with E-state index in [0.29, 0.717) is 13.2 Å². The summed E-state index contributed by atoms with van der Waals surface area (Å²) in [7, 11) is 0. The normalized spacial score (nSPS) is 15.8. The topological polar surface area (TPSA) is 62.1 Å². The summed E-state index contributed by atoms with van der Waals surface area (Å²) in [6.07, 6.45) is 2.90. The van der Waals surface area contributed by atoms with Gasteiger partial charge in [-0.25, -0.2) is 0 Å². The molecule has 13 heavy (non-hydrogen) atoms. The van der Waals surface area contributed by atoms with Crippen LogP contribution in [0.25, 0.3) is 0 Å². The Balaban J connectivity index is 2.22. The maximum Gasteiger partial charge on any atom is 0.234 e. The first-order chi connectivity index (χ1) is 6.33. The van der Waals surface area contributed by atoms with Crippen molar-refractivity contribution in [3.63, 3.8) is 0 Å². The van der Waals surface area contributed by atoms with Gasteiger partial charge in [0.15, 0.2) is 0 Å². The molecule has 0 aromatic heterocycles. The molecule has 0 atom stereocenters. The van der Waals surface area contributed by atoms with E-state index >= 15 is 0 Å². The summed E-state index contributed by atoms with van der Waals surface area (Å²) in [5.41, 5.74) is 1.08. The molecular formula is C9H12N2O2. The van der Waals surface area contributed by atoms with E-state index in [4.69, 9.17) is 10.00 Å². The van der Waals surface area contributed by atoms with Crippen LogP contribution in [-0.4, -0.2) is 25.7 Å². The lowest BCUT2D eigenvalue weighted by atomic mass is 10.2. The minimum atomic E-state index is -0.228. The molecular weight excluding hydrogens is 168 g/mol. The van der Waals surface area contributed by atoms with E-state index in [0.717, 1.165) is 18.6 Å². The monoisotopic (exact) mass is 180 g/mol.